The van der Waals surface area contributed by atoms with Gasteiger partial charge in [0.15, 0.2) is 0 Å². The van der Waals surface area contributed by atoms with Crippen molar-refractivity contribution in [1.29, 1.82) is 0 Å². The molecule has 1 aliphatic rings. The Morgan fingerprint density at radius 3 is 2.31 bits per heavy atom. The molecular formula is C8H11ClN2O2. The summed E-state index contributed by atoms with van der Waals surface area (Å²) in [5, 5.41) is 2.77. The number of likely N-dealkylation sites (N-methyl/N-ethyl adjacent to an activating group) is 2. The lowest BCUT2D eigenvalue weighted by molar-refractivity contribution is -0.137. The van der Waals surface area contributed by atoms with Crippen LogP contribution >= 0.6 is 11.6 Å². The van der Waals surface area contributed by atoms with E-state index in [0.717, 1.165) is 4.90 Å². The molecular weight excluding hydrogens is 192 g/mol. The Balaban J connectivity index is 2.94. The van der Waals surface area contributed by atoms with E-state index in [-0.39, 0.29) is 16.6 Å². The van der Waals surface area contributed by atoms with Crippen LogP contribution in [0.25, 0.3) is 0 Å². The van der Waals surface area contributed by atoms with E-state index in [1.165, 1.54) is 0 Å². The Morgan fingerprint density at radius 2 is 1.92 bits per heavy atom. The van der Waals surface area contributed by atoms with Gasteiger partial charge in [0.2, 0.25) is 0 Å². The summed E-state index contributed by atoms with van der Waals surface area (Å²) in [6, 6.07) is 0. The predicted molar refractivity (Wildman–Crippen MR) is 48.9 cm³/mol. The second kappa shape index (κ2) is 3.79. The smallest absolute Gasteiger partial charge is 0.278 e. The highest BCUT2D eigenvalue weighted by Crippen LogP contribution is 2.21. The van der Waals surface area contributed by atoms with Crippen LogP contribution in [-0.2, 0) is 9.59 Å². The van der Waals surface area contributed by atoms with Gasteiger partial charge in [0.05, 0.1) is 0 Å². The maximum Gasteiger partial charge on any atom is 0.278 e. The second-order valence-corrected chi connectivity index (χ2v) is 2.95. The fraction of sp³-hybridized carbons (Fsp3) is 0.500. The summed E-state index contributed by atoms with van der Waals surface area (Å²) in [6.45, 7) is 4.49. The number of carbonyl (C=O) groups is 2. The highest BCUT2D eigenvalue weighted by molar-refractivity contribution is 6.47. The number of halogens is 1. The van der Waals surface area contributed by atoms with Gasteiger partial charge >= 0.3 is 0 Å². The topological polar surface area (TPSA) is 49.4 Å². The molecule has 0 aromatic heterocycles. The molecule has 0 aliphatic carbocycles. The van der Waals surface area contributed by atoms with Crippen LogP contribution in [0.4, 0.5) is 0 Å². The first kappa shape index (κ1) is 10.1. The van der Waals surface area contributed by atoms with Gasteiger partial charge in [-0.2, -0.15) is 0 Å². The molecule has 4 nitrogen and oxygen atoms in total. The molecule has 0 unspecified atom stereocenters. The van der Waals surface area contributed by atoms with Gasteiger partial charge in [0, 0.05) is 13.1 Å². The van der Waals surface area contributed by atoms with Crippen molar-refractivity contribution in [1.82, 2.24) is 10.2 Å². The van der Waals surface area contributed by atoms with Gasteiger partial charge in [0.25, 0.3) is 11.8 Å². The van der Waals surface area contributed by atoms with E-state index in [0.29, 0.717) is 13.1 Å². The Bertz CT molecular complexity index is 286. The number of amides is 2. The molecule has 13 heavy (non-hydrogen) atoms. The molecule has 1 aliphatic heterocycles. The number of nitrogens with one attached hydrogen (secondary N) is 1. The average Bonchev–Trinajstić information content (AvgIpc) is 2.31. The molecule has 0 fully saturated rings. The summed E-state index contributed by atoms with van der Waals surface area (Å²) in [5.41, 5.74) is 0.219. The van der Waals surface area contributed by atoms with Gasteiger partial charge < -0.3 is 5.32 Å². The molecule has 0 spiro atoms. The lowest BCUT2D eigenvalue weighted by atomic mass is 10.4. The monoisotopic (exact) mass is 202 g/mol. The van der Waals surface area contributed by atoms with Crippen molar-refractivity contribution >= 4 is 23.4 Å². The zero-order chi connectivity index (χ0) is 10.0. The molecule has 0 radical (unpaired) electrons. The first-order valence-corrected chi connectivity index (χ1v) is 4.51. The normalized spacial score (nSPS) is 17.3. The standard InChI is InChI=1S/C8H11ClN2O2/c1-3-10-6-5(9)7(12)11(4-2)8(6)13/h10H,3-4H2,1-2H3. The summed E-state index contributed by atoms with van der Waals surface area (Å²) in [4.78, 5) is 23.9. The van der Waals surface area contributed by atoms with Gasteiger partial charge in [0.1, 0.15) is 10.7 Å². The van der Waals surface area contributed by atoms with E-state index in [9.17, 15) is 9.59 Å². The largest absolute Gasteiger partial charge is 0.379 e. The zero-order valence-electron chi connectivity index (χ0n) is 7.56. The van der Waals surface area contributed by atoms with E-state index in [4.69, 9.17) is 11.6 Å². The van der Waals surface area contributed by atoms with Gasteiger partial charge in [-0.1, -0.05) is 11.6 Å². The number of hydrogen-bond donors (Lipinski definition) is 1. The Morgan fingerprint density at radius 1 is 1.31 bits per heavy atom. The van der Waals surface area contributed by atoms with Gasteiger partial charge in [-0.15, -0.1) is 0 Å². The van der Waals surface area contributed by atoms with E-state index in [1.54, 1.807) is 6.92 Å². The Labute approximate surface area is 81.5 Å². The lowest BCUT2D eigenvalue weighted by Gasteiger charge is -2.10. The molecule has 0 saturated carbocycles. The SMILES string of the molecule is CCNC1=C(Cl)C(=O)N(CC)C1=O. The summed E-state index contributed by atoms with van der Waals surface area (Å²) in [7, 11) is 0. The summed E-state index contributed by atoms with van der Waals surface area (Å²) in [5.74, 6) is -0.746. The maximum atomic E-state index is 11.4. The molecule has 0 aromatic rings. The molecule has 0 atom stereocenters. The first-order valence-electron chi connectivity index (χ1n) is 4.13. The molecule has 5 heteroatoms. The number of carbonyl (C=O) groups excluding carboxylic acids is 2. The quantitative estimate of drug-likeness (QED) is 0.676. The van der Waals surface area contributed by atoms with E-state index in [1.807, 2.05) is 6.92 Å². The zero-order valence-corrected chi connectivity index (χ0v) is 8.31. The van der Waals surface area contributed by atoms with Gasteiger partial charge in [-0.05, 0) is 13.8 Å². The second-order valence-electron chi connectivity index (χ2n) is 2.57. The van der Waals surface area contributed by atoms with Crippen LogP contribution in [0, 0.1) is 0 Å². The van der Waals surface area contributed by atoms with Crippen LogP contribution < -0.4 is 5.32 Å². The van der Waals surface area contributed by atoms with Crippen LogP contribution in [-0.4, -0.2) is 29.8 Å². The van der Waals surface area contributed by atoms with Crippen LogP contribution in [0.1, 0.15) is 13.8 Å². The van der Waals surface area contributed by atoms with Crippen molar-refractivity contribution in [2.45, 2.75) is 13.8 Å². The van der Waals surface area contributed by atoms with Crippen molar-refractivity contribution in [3.8, 4) is 0 Å². The number of hydrogen-bond acceptors (Lipinski definition) is 3. The highest BCUT2D eigenvalue weighted by atomic mass is 35.5. The van der Waals surface area contributed by atoms with Gasteiger partial charge in [-0.25, -0.2) is 0 Å². The Hall–Kier alpha value is -1.03. The van der Waals surface area contributed by atoms with Crippen LogP contribution in [0.2, 0.25) is 0 Å². The summed E-state index contributed by atoms with van der Waals surface area (Å²) < 4.78 is 0. The van der Waals surface area contributed by atoms with Gasteiger partial charge in [-0.3, -0.25) is 14.5 Å². The van der Waals surface area contributed by atoms with Crippen LogP contribution in [0.15, 0.2) is 10.7 Å². The molecule has 0 aromatic carbocycles. The molecule has 1 heterocycles. The predicted octanol–water partition coefficient (Wildman–Crippen LogP) is 0.435. The number of imide groups is 1. The van der Waals surface area contributed by atoms with Crippen LogP contribution in [0.5, 0.6) is 0 Å². The summed E-state index contributed by atoms with van der Waals surface area (Å²) in [6.07, 6.45) is 0. The van der Waals surface area contributed by atoms with Crippen molar-refractivity contribution in [3.05, 3.63) is 10.7 Å². The molecule has 1 rings (SSSR count). The van der Waals surface area contributed by atoms with Crippen molar-refractivity contribution < 1.29 is 9.59 Å². The van der Waals surface area contributed by atoms with E-state index in [2.05, 4.69) is 5.32 Å². The third-order valence-corrected chi connectivity index (χ3v) is 2.13. The highest BCUT2D eigenvalue weighted by Gasteiger charge is 2.35. The minimum atomic E-state index is -0.412. The molecule has 72 valence electrons. The van der Waals surface area contributed by atoms with E-state index < -0.39 is 5.91 Å². The first-order chi connectivity index (χ1) is 6.13. The summed E-state index contributed by atoms with van der Waals surface area (Å²) >= 11 is 5.68. The minimum absolute atomic E-state index is 0.00583. The fourth-order valence-corrected chi connectivity index (χ4v) is 1.41. The fourth-order valence-electron chi connectivity index (χ4n) is 1.16. The maximum absolute atomic E-state index is 11.4. The number of nitrogens with zero attached hydrogens (tertiary/aromatic N) is 1. The lowest BCUT2D eigenvalue weighted by Crippen LogP contribution is -2.33. The molecule has 0 saturated heterocycles. The molecule has 0 bridgehead atoms. The third-order valence-electron chi connectivity index (χ3n) is 1.78. The van der Waals surface area contributed by atoms with Crippen molar-refractivity contribution in [2.24, 2.45) is 0 Å². The molecule has 1 N–H and O–H groups in total. The minimum Gasteiger partial charge on any atom is -0.379 e. The van der Waals surface area contributed by atoms with Crippen molar-refractivity contribution in [2.75, 3.05) is 13.1 Å². The molecule has 2 amide bonds. The van der Waals surface area contributed by atoms with Crippen molar-refractivity contribution in [3.63, 3.8) is 0 Å². The third kappa shape index (κ3) is 1.54. The van der Waals surface area contributed by atoms with Crippen LogP contribution in [0.3, 0.4) is 0 Å². The van der Waals surface area contributed by atoms with E-state index >= 15 is 0 Å². The average molecular weight is 203 g/mol. The number of rotatable bonds is 3. The Kier molecular flexibility index (Phi) is 2.93.